The van der Waals surface area contributed by atoms with Crippen molar-refractivity contribution in [3.05, 3.63) is 40.1 Å². The first-order chi connectivity index (χ1) is 6.16. The van der Waals surface area contributed by atoms with Crippen LogP contribution in [-0.2, 0) is 4.74 Å². The minimum atomic E-state index is -0.673. The fraction of sp³-hybridized carbons (Fsp3) is 0.111. The van der Waals surface area contributed by atoms with Crippen LogP contribution >= 0.6 is 0 Å². The Morgan fingerprint density at radius 3 is 2.62 bits per heavy atom. The molecule has 0 aromatic heterocycles. The molecular weight excluding hydrogens is 170 g/mol. The number of nitrogens with two attached hydrogens (primary N) is 1. The van der Waals surface area contributed by atoms with Gasteiger partial charge in [-0.15, -0.1) is 0 Å². The van der Waals surface area contributed by atoms with E-state index in [0.717, 1.165) is 0 Å². The van der Waals surface area contributed by atoms with E-state index in [1.165, 1.54) is 19.2 Å². The van der Waals surface area contributed by atoms with E-state index in [2.05, 4.69) is 4.74 Å². The molecule has 1 aromatic carbocycles. The fourth-order valence-corrected chi connectivity index (χ4v) is 0.889. The predicted octanol–water partition coefficient (Wildman–Crippen LogP) is 0.416. The third-order valence-electron chi connectivity index (χ3n) is 1.56. The molecule has 0 atom stereocenters. The van der Waals surface area contributed by atoms with Crippen molar-refractivity contribution in [2.24, 2.45) is 0 Å². The molecule has 0 unspecified atom stereocenters. The Hall–Kier alpha value is -1.84. The second kappa shape index (κ2) is 3.71. The highest BCUT2D eigenvalue weighted by molar-refractivity contribution is 5.89. The van der Waals surface area contributed by atoms with E-state index in [4.69, 9.17) is 5.73 Å². The van der Waals surface area contributed by atoms with Gasteiger partial charge in [0.05, 0.1) is 12.8 Å². The van der Waals surface area contributed by atoms with E-state index in [1.807, 2.05) is 0 Å². The van der Waals surface area contributed by atoms with Gasteiger partial charge in [-0.05, 0) is 12.1 Å². The van der Waals surface area contributed by atoms with Crippen LogP contribution in [-0.4, -0.2) is 13.1 Å². The zero-order valence-electron chi connectivity index (χ0n) is 7.11. The molecular formula is C9H9NO3. The molecule has 0 heterocycles. The highest BCUT2D eigenvalue weighted by atomic mass is 16.5. The van der Waals surface area contributed by atoms with Crippen molar-refractivity contribution in [2.45, 2.75) is 0 Å². The molecule has 0 aliphatic rings. The Bertz CT molecular complexity index is 387. The Kier molecular flexibility index (Phi) is 2.64. The second-order valence-corrected chi connectivity index (χ2v) is 2.41. The van der Waals surface area contributed by atoms with E-state index in [0.29, 0.717) is 0 Å². The Balaban J connectivity index is 3.41. The van der Waals surface area contributed by atoms with Crippen molar-refractivity contribution < 1.29 is 9.53 Å². The van der Waals surface area contributed by atoms with Crippen LogP contribution in [0.4, 0.5) is 5.69 Å². The maximum Gasteiger partial charge on any atom is 0.341 e. The van der Waals surface area contributed by atoms with Crippen molar-refractivity contribution in [2.75, 3.05) is 12.8 Å². The summed E-state index contributed by atoms with van der Waals surface area (Å²) in [6.45, 7) is 0. The monoisotopic (exact) mass is 179 g/mol. The van der Waals surface area contributed by atoms with Crippen molar-refractivity contribution in [1.29, 1.82) is 0 Å². The summed E-state index contributed by atoms with van der Waals surface area (Å²) in [5.74, 6) is -0.673. The van der Waals surface area contributed by atoms with E-state index < -0.39 is 11.4 Å². The number of ether oxygens (including phenoxy) is 1. The van der Waals surface area contributed by atoms with E-state index >= 15 is 0 Å². The van der Waals surface area contributed by atoms with Gasteiger partial charge in [-0.1, -0.05) is 12.1 Å². The third-order valence-corrected chi connectivity index (χ3v) is 1.56. The first-order valence-corrected chi connectivity index (χ1v) is 3.64. The first-order valence-electron chi connectivity index (χ1n) is 3.64. The molecule has 0 radical (unpaired) electrons. The van der Waals surface area contributed by atoms with Crippen LogP contribution in [0.25, 0.3) is 0 Å². The zero-order valence-corrected chi connectivity index (χ0v) is 7.11. The summed E-state index contributed by atoms with van der Waals surface area (Å²) < 4.78 is 4.42. The highest BCUT2D eigenvalue weighted by Crippen LogP contribution is 1.97. The molecule has 1 rings (SSSR count). The molecule has 4 nitrogen and oxygen atoms in total. The number of carbonyl (C=O) groups excluding carboxylic acids is 1. The van der Waals surface area contributed by atoms with Crippen LogP contribution in [0.2, 0.25) is 0 Å². The summed E-state index contributed by atoms with van der Waals surface area (Å²) >= 11 is 0. The number of methoxy groups -OCH3 is 1. The lowest BCUT2D eigenvalue weighted by atomic mass is 10.2. The molecule has 0 fully saturated rings. The largest absolute Gasteiger partial charge is 0.465 e. The number of carbonyl (C=O) groups is 1. The van der Waals surface area contributed by atoms with Crippen molar-refractivity contribution in [3.63, 3.8) is 0 Å². The molecule has 68 valence electrons. The molecule has 1 aromatic rings. The molecule has 2 N–H and O–H groups in total. The Labute approximate surface area is 74.9 Å². The zero-order chi connectivity index (χ0) is 9.84. The van der Waals surface area contributed by atoms with E-state index in [9.17, 15) is 9.59 Å². The smallest absolute Gasteiger partial charge is 0.341 e. The molecule has 0 saturated carbocycles. The summed E-state index contributed by atoms with van der Waals surface area (Å²) in [5.41, 5.74) is 4.85. The molecule has 0 aliphatic heterocycles. The van der Waals surface area contributed by atoms with Gasteiger partial charge in [0.2, 0.25) is 5.43 Å². The van der Waals surface area contributed by atoms with Crippen LogP contribution in [0.15, 0.2) is 29.1 Å². The molecule has 0 bridgehead atoms. The van der Waals surface area contributed by atoms with Crippen LogP contribution in [0.5, 0.6) is 0 Å². The number of rotatable bonds is 1. The number of anilines is 1. The van der Waals surface area contributed by atoms with Gasteiger partial charge >= 0.3 is 5.97 Å². The van der Waals surface area contributed by atoms with Gasteiger partial charge in [0, 0.05) is 0 Å². The number of hydrogen-bond donors (Lipinski definition) is 1. The average Bonchev–Trinajstić information content (AvgIpc) is 2.29. The lowest BCUT2D eigenvalue weighted by Gasteiger charge is -1.93. The lowest BCUT2D eigenvalue weighted by Crippen LogP contribution is -2.16. The minimum absolute atomic E-state index is 0.0328. The van der Waals surface area contributed by atoms with Gasteiger partial charge in [0.1, 0.15) is 5.56 Å². The first kappa shape index (κ1) is 9.25. The topological polar surface area (TPSA) is 69.4 Å². The number of esters is 1. The Morgan fingerprint density at radius 2 is 2.00 bits per heavy atom. The number of hydrogen-bond acceptors (Lipinski definition) is 4. The average molecular weight is 179 g/mol. The van der Waals surface area contributed by atoms with Gasteiger partial charge in [0.15, 0.2) is 0 Å². The van der Waals surface area contributed by atoms with Gasteiger partial charge < -0.3 is 10.5 Å². The highest BCUT2D eigenvalue weighted by Gasteiger charge is 2.09. The van der Waals surface area contributed by atoms with Crippen LogP contribution in [0.3, 0.4) is 0 Å². The van der Waals surface area contributed by atoms with Crippen LogP contribution in [0, 0.1) is 0 Å². The summed E-state index contributed by atoms with van der Waals surface area (Å²) in [4.78, 5) is 22.4. The minimum Gasteiger partial charge on any atom is -0.465 e. The molecule has 0 spiro atoms. The standard InChI is InChI=1S/C9H9NO3/c1-13-9(12)6-4-2-3-5-7(10)8(6)11/h2-5H,1H3,(H2,10,11). The van der Waals surface area contributed by atoms with Gasteiger partial charge in [-0.3, -0.25) is 4.79 Å². The van der Waals surface area contributed by atoms with E-state index in [-0.39, 0.29) is 11.3 Å². The predicted molar refractivity (Wildman–Crippen MR) is 48.5 cm³/mol. The summed E-state index contributed by atoms with van der Waals surface area (Å²) in [6.07, 6.45) is 0. The SMILES string of the molecule is COC(=O)c1ccccc(N)c1=O. The molecule has 0 saturated heterocycles. The molecule has 13 heavy (non-hydrogen) atoms. The van der Waals surface area contributed by atoms with Crippen molar-refractivity contribution in [1.82, 2.24) is 0 Å². The van der Waals surface area contributed by atoms with Crippen molar-refractivity contribution >= 4 is 11.7 Å². The molecule has 0 amide bonds. The normalized spacial score (nSPS) is 9.31. The fourth-order valence-electron chi connectivity index (χ4n) is 0.889. The van der Waals surface area contributed by atoms with Gasteiger partial charge in [-0.2, -0.15) is 0 Å². The second-order valence-electron chi connectivity index (χ2n) is 2.41. The maximum absolute atomic E-state index is 11.3. The van der Waals surface area contributed by atoms with Crippen molar-refractivity contribution in [3.8, 4) is 0 Å². The third kappa shape index (κ3) is 1.84. The quantitative estimate of drug-likeness (QED) is 0.634. The maximum atomic E-state index is 11.3. The van der Waals surface area contributed by atoms with Crippen LogP contribution in [0.1, 0.15) is 10.4 Å². The van der Waals surface area contributed by atoms with Gasteiger partial charge in [0.25, 0.3) is 0 Å². The van der Waals surface area contributed by atoms with E-state index in [1.54, 1.807) is 12.1 Å². The summed E-state index contributed by atoms with van der Waals surface area (Å²) in [6, 6.07) is 5.96. The van der Waals surface area contributed by atoms with Crippen LogP contribution < -0.4 is 11.2 Å². The summed E-state index contributed by atoms with van der Waals surface area (Å²) in [5, 5.41) is 0. The molecule has 4 heteroatoms. The molecule has 0 aliphatic carbocycles. The Morgan fingerprint density at radius 1 is 1.38 bits per heavy atom. The lowest BCUT2D eigenvalue weighted by molar-refractivity contribution is 0.0599. The van der Waals surface area contributed by atoms with Gasteiger partial charge in [-0.25, -0.2) is 4.79 Å². The number of nitrogen functional groups attached to an aromatic ring is 1. The summed E-state index contributed by atoms with van der Waals surface area (Å²) in [7, 11) is 1.21.